The molecule has 0 atom stereocenters. The minimum Gasteiger partial charge on any atom is -0.376 e. The number of amides is 1. The van der Waals surface area contributed by atoms with Crippen molar-refractivity contribution in [2.75, 3.05) is 6.61 Å². The normalized spacial score (nSPS) is 12.4. The number of carbonyl (C=O) groups excluding carboxylic acids is 1. The van der Waals surface area contributed by atoms with Crippen LogP contribution in [0.3, 0.4) is 0 Å². The van der Waals surface area contributed by atoms with Gasteiger partial charge in [-0.15, -0.1) is 0 Å². The van der Waals surface area contributed by atoms with Crippen LogP contribution in [-0.4, -0.2) is 26.5 Å². The average molecular weight is 305 g/mol. The largest absolute Gasteiger partial charge is 0.376 e. The minimum absolute atomic E-state index is 0.122. The summed E-state index contributed by atoms with van der Waals surface area (Å²) in [5.41, 5.74) is -0.251. The predicted octanol–water partition coefficient (Wildman–Crippen LogP) is 2.15. The number of thiophene rings is 1. The van der Waals surface area contributed by atoms with Gasteiger partial charge in [-0.3, -0.25) is 4.79 Å². The van der Waals surface area contributed by atoms with Crippen molar-refractivity contribution in [2.45, 2.75) is 44.1 Å². The summed E-state index contributed by atoms with van der Waals surface area (Å²) in [5.74, 6) is -0.510. The van der Waals surface area contributed by atoms with E-state index in [1.54, 1.807) is 5.38 Å². The van der Waals surface area contributed by atoms with Crippen molar-refractivity contribution in [3.05, 3.63) is 16.8 Å². The fourth-order valence-electron chi connectivity index (χ4n) is 1.28. The van der Waals surface area contributed by atoms with Crippen molar-refractivity contribution in [1.82, 2.24) is 4.72 Å². The Bertz CT molecular complexity index is 500. The number of sulfonamides is 1. The Hall–Kier alpha value is -0.920. The third-order valence-electron chi connectivity index (χ3n) is 2.14. The molecule has 0 aliphatic heterocycles. The first-order valence-electron chi connectivity index (χ1n) is 5.92. The topological polar surface area (TPSA) is 72.5 Å². The van der Waals surface area contributed by atoms with Crippen LogP contribution in [0.25, 0.3) is 0 Å². The highest BCUT2D eigenvalue weighted by atomic mass is 32.2. The van der Waals surface area contributed by atoms with E-state index in [-0.39, 0.29) is 16.9 Å². The summed E-state index contributed by atoms with van der Waals surface area (Å²) in [6.07, 6.45) is 0.613. The molecule has 108 valence electrons. The van der Waals surface area contributed by atoms with E-state index in [0.717, 1.165) is 0 Å². The van der Waals surface area contributed by atoms with E-state index in [1.807, 2.05) is 25.5 Å². The van der Waals surface area contributed by atoms with E-state index in [1.165, 1.54) is 22.8 Å². The summed E-state index contributed by atoms with van der Waals surface area (Å²) >= 11 is 1.27. The van der Waals surface area contributed by atoms with E-state index in [4.69, 9.17) is 4.74 Å². The van der Waals surface area contributed by atoms with Crippen LogP contribution in [0.4, 0.5) is 0 Å². The molecule has 1 amide bonds. The van der Waals surface area contributed by atoms with Crippen molar-refractivity contribution in [1.29, 1.82) is 0 Å². The second kappa shape index (κ2) is 6.49. The van der Waals surface area contributed by atoms with Crippen LogP contribution in [0.5, 0.6) is 0 Å². The van der Waals surface area contributed by atoms with Gasteiger partial charge in [0.1, 0.15) is 0 Å². The zero-order valence-electron chi connectivity index (χ0n) is 11.3. The summed E-state index contributed by atoms with van der Waals surface area (Å²) in [7, 11) is -3.71. The molecule has 0 spiro atoms. The molecule has 0 aromatic carbocycles. The molecular formula is C12H19NO4S2. The minimum atomic E-state index is -3.71. The third kappa shape index (κ3) is 6.17. The molecule has 19 heavy (non-hydrogen) atoms. The van der Waals surface area contributed by atoms with Crippen molar-refractivity contribution in [3.8, 4) is 0 Å². The van der Waals surface area contributed by atoms with Crippen LogP contribution in [0.15, 0.2) is 21.7 Å². The van der Waals surface area contributed by atoms with Crippen LogP contribution in [0.2, 0.25) is 0 Å². The van der Waals surface area contributed by atoms with Crippen molar-refractivity contribution in [3.63, 3.8) is 0 Å². The number of hydrogen-bond donors (Lipinski definition) is 1. The molecule has 1 N–H and O–H groups in total. The van der Waals surface area contributed by atoms with E-state index in [2.05, 4.69) is 0 Å². The zero-order valence-corrected chi connectivity index (χ0v) is 12.9. The van der Waals surface area contributed by atoms with Crippen molar-refractivity contribution < 1.29 is 17.9 Å². The van der Waals surface area contributed by atoms with E-state index < -0.39 is 15.9 Å². The summed E-state index contributed by atoms with van der Waals surface area (Å²) in [4.78, 5) is 11.7. The predicted molar refractivity (Wildman–Crippen MR) is 74.6 cm³/mol. The lowest BCUT2D eigenvalue weighted by molar-refractivity contribution is -0.120. The quantitative estimate of drug-likeness (QED) is 0.817. The average Bonchev–Trinajstić information content (AvgIpc) is 2.76. The summed E-state index contributed by atoms with van der Waals surface area (Å²) in [6.45, 7) is 6.20. The molecule has 0 radical (unpaired) electrons. The molecule has 0 fully saturated rings. The van der Waals surface area contributed by atoms with Crippen molar-refractivity contribution in [2.24, 2.45) is 0 Å². The maximum Gasteiger partial charge on any atom is 0.264 e. The van der Waals surface area contributed by atoms with Crippen molar-refractivity contribution >= 4 is 27.3 Å². The summed E-state index contributed by atoms with van der Waals surface area (Å²) in [6, 6.07) is 1.46. The first kappa shape index (κ1) is 16.1. The summed E-state index contributed by atoms with van der Waals surface area (Å²) < 4.78 is 31.0. The number of hydrogen-bond acceptors (Lipinski definition) is 5. The molecule has 5 nitrogen and oxygen atoms in total. The van der Waals surface area contributed by atoms with Crippen LogP contribution in [-0.2, 0) is 19.6 Å². The Morgan fingerprint density at radius 3 is 2.63 bits per heavy atom. The highest BCUT2D eigenvalue weighted by Gasteiger charge is 2.17. The molecule has 7 heteroatoms. The van der Waals surface area contributed by atoms with Crippen LogP contribution < -0.4 is 4.72 Å². The molecule has 0 saturated heterocycles. The van der Waals surface area contributed by atoms with Gasteiger partial charge in [-0.1, -0.05) is 0 Å². The highest BCUT2D eigenvalue weighted by molar-refractivity contribution is 7.90. The second-order valence-corrected chi connectivity index (χ2v) is 7.51. The van der Waals surface area contributed by atoms with Gasteiger partial charge in [-0.2, -0.15) is 11.3 Å². The molecule has 0 saturated carbocycles. The maximum absolute atomic E-state index is 11.7. The van der Waals surface area contributed by atoms with Crippen LogP contribution >= 0.6 is 11.3 Å². The molecular weight excluding hydrogens is 286 g/mol. The second-order valence-electron chi connectivity index (χ2n) is 5.05. The fourth-order valence-corrected chi connectivity index (χ4v) is 3.32. The van der Waals surface area contributed by atoms with Gasteiger partial charge < -0.3 is 4.74 Å². The maximum atomic E-state index is 11.7. The smallest absolute Gasteiger partial charge is 0.264 e. The zero-order chi connectivity index (χ0) is 14.5. The Morgan fingerprint density at radius 1 is 1.42 bits per heavy atom. The molecule has 1 rings (SSSR count). The van der Waals surface area contributed by atoms with Gasteiger partial charge in [0.05, 0.1) is 10.5 Å². The molecule has 0 bridgehead atoms. The molecule has 1 aromatic rings. The van der Waals surface area contributed by atoms with Gasteiger partial charge in [0.15, 0.2) is 0 Å². The monoisotopic (exact) mass is 305 g/mol. The first-order chi connectivity index (χ1) is 8.71. The van der Waals surface area contributed by atoms with Gasteiger partial charge in [0.25, 0.3) is 10.0 Å². The molecule has 1 aromatic heterocycles. The third-order valence-corrected chi connectivity index (χ3v) is 4.34. The number of nitrogens with one attached hydrogen (secondary N) is 1. The number of rotatable bonds is 6. The van der Waals surface area contributed by atoms with Gasteiger partial charge in [-0.25, -0.2) is 13.1 Å². The lowest BCUT2D eigenvalue weighted by Crippen LogP contribution is -2.30. The summed E-state index contributed by atoms with van der Waals surface area (Å²) in [5, 5.41) is 3.13. The Morgan fingerprint density at radius 2 is 2.11 bits per heavy atom. The molecule has 0 aliphatic carbocycles. The highest BCUT2D eigenvalue weighted by Crippen LogP contribution is 2.13. The number of ether oxygens (including phenoxy) is 1. The Labute approximate surface area is 118 Å². The Balaban J connectivity index is 2.36. The van der Waals surface area contributed by atoms with E-state index in [0.29, 0.717) is 13.0 Å². The standard InChI is InChI=1S/C12H19NO4S2/c1-12(2,3)17-7-4-5-11(14)13-19(15,16)10-6-8-18-9-10/h6,8-9H,4-5,7H2,1-3H3,(H,13,14). The SMILES string of the molecule is CC(C)(C)OCCCC(=O)NS(=O)(=O)c1ccsc1. The Kier molecular flexibility index (Phi) is 5.51. The first-order valence-corrected chi connectivity index (χ1v) is 8.35. The molecule has 0 aliphatic rings. The van der Waals surface area contributed by atoms with Gasteiger partial charge in [0, 0.05) is 18.4 Å². The van der Waals surface area contributed by atoms with Crippen LogP contribution in [0.1, 0.15) is 33.6 Å². The van der Waals surface area contributed by atoms with Crippen LogP contribution in [0, 0.1) is 0 Å². The van der Waals surface area contributed by atoms with Gasteiger partial charge in [-0.05, 0) is 38.6 Å². The van der Waals surface area contributed by atoms with E-state index in [9.17, 15) is 13.2 Å². The lowest BCUT2D eigenvalue weighted by Gasteiger charge is -2.19. The fraction of sp³-hybridized carbons (Fsp3) is 0.583. The lowest BCUT2D eigenvalue weighted by atomic mass is 10.2. The van der Waals surface area contributed by atoms with Gasteiger partial charge in [0.2, 0.25) is 5.91 Å². The number of carbonyl (C=O) groups is 1. The molecule has 0 unspecified atom stereocenters. The van der Waals surface area contributed by atoms with E-state index >= 15 is 0 Å². The molecule has 1 heterocycles. The van der Waals surface area contributed by atoms with Gasteiger partial charge >= 0.3 is 0 Å².